The highest BCUT2D eigenvalue weighted by molar-refractivity contribution is 7.99. The molecule has 2 aromatic carbocycles. The molecule has 1 nitrogen and oxygen atoms in total. The number of hydrogen-bond acceptors (Lipinski definition) is 2. The van der Waals surface area contributed by atoms with Gasteiger partial charge in [0.2, 0.25) is 0 Å². The minimum Gasteiger partial charge on any atom is -0.392 e. The second-order valence-corrected chi connectivity index (χ2v) is 6.22. The van der Waals surface area contributed by atoms with Crippen LogP contribution in [0.5, 0.6) is 0 Å². The smallest absolute Gasteiger partial charge is 0.123 e. The molecule has 0 bridgehead atoms. The Kier molecular flexibility index (Phi) is 5.46. The van der Waals surface area contributed by atoms with Crippen molar-refractivity contribution < 1.29 is 9.50 Å². The van der Waals surface area contributed by atoms with E-state index in [0.717, 1.165) is 16.0 Å². The fourth-order valence-corrected chi connectivity index (χ4v) is 2.88. The summed E-state index contributed by atoms with van der Waals surface area (Å²) in [7, 11) is 0. The quantitative estimate of drug-likeness (QED) is 0.822. The molecule has 0 aliphatic rings. The van der Waals surface area contributed by atoms with Crippen molar-refractivity contribution in [3.05, 3.63) is 64.4 Å². The van der Waals surface area contributed by atoms with Crippen LogP contribution in [0.3, 0.4) is 0 Å². The Balaban J connectivity index is 1.89. The zero-order chi connectivity index (χ0) is 14.5. The predicted molar refractivity (Wildman–Crippen MR) is 83.0 cm³/mol. The van der Waals surface area contributed by atoms with Gasteiger partial charge in [0.25, 0.3) is 0 Å². The molecule has 0 aliphatic carbocycles. The Morgan fingerprint density at radius 3 is 2.55 bits per heavy atom. The van der Waals surface area contributed by atoms with Crippen LogP contribution in [0.2, 0.25) is 5.02 Å². The number of aliphatic hydroxyl groups is 1. The van der Waals surface area contributed by atoms with Crippen LogP contribution in [0, 0.1) is 12.7 Å². The largest absolute Gasteiger partial charge is 0.392 e. The van der Waals surface area contributed by atoms with Gasteiger partial charge in [-0.15, -0.1) is 11.8 Å². The topological polar surface area (TPSA) is 20.2 Å². The lowest BCUT2D eigenvalue weighted by molar-refractivity contribution is 0.200. The minimum atomic E-state index is -0.458. The van der Waals surface area contributed by atoms with E-state index in [1.807, 2.05) is 31.2 Å². The second-order valence-electron chi connectivity index (χ2n) is 4.69. The zero-order valence-corrected chi connectivity index (χ0v) is 12.7. The van der Waals surface area contributed by atoms with Gasteiger partial charge < -0.3 is 5.11 Å². The average Bonchev–Trinajstić information content (AvgIpc) is 2.41. The molecule has 0 radical (unpaired) electrons. The lowest BCUT2D eigenvalue weighted by atomic mass is 10.0. The molecule has 2 rings (SSSR count). The average molecular weight is 311 g/mol. The number of aryl methyl sites for hydroxylation is 1. The summed E-state index contributed by atoms with van der Waals surface area (Å²) in [5.74, 6) is 0.356. The monoisotopic (exact) mass is 310 g/mol. The van der Waals surface area contributed by atoms with Gasteiger partial charge in [0.15, 0.2) is 0 Å². The Morgan fingerprint density at radius 2 is 1.90 bits per heavy atom. The van der Waals surface area contributed by atoms with Gasteiger partial charge in [-0.2, -0.15) is 0 Å². The number of benzene rings is 2. The number of hydrogen-bond donors (Lipinski definition) is 1. The van der Waals surface area contributed by atoms with E-state index in [1.165, 1.54) is 12.1 Å². The van der Waals surface area contributed by atoms with E-state index in [-0.39, 0.29) is 5.82 Å². The summed E-state index contributed by atoms with van der Waals surface area (Å²) in [4.78, 5) is 1.07. The van der Waals surface area contributed by atoms with E-state index >= 15 is 0 Å². The number of halogens is 2. The fraction of sp³-hybridized carbons (Fsp3) is 0.250. The van der Waals surface area contributed by atoms with Crippen molar-refractivity contribution in [3.63, 3.8) is 0 Å². The number of aliphatic hydroxyl groups excluding tert-OH is 1. The molecule has 1 atom stereocenters. The first-order chi connectivity index (χ1) is 9.54. The Morgan fingerprint density at radius 1 is 1.20 bits per heavy atom. The van der Waals surface area contributed by atoms with Crippen molar-refractivity contribution in [2.75, 3.05) is 5.75 Å². The van der Waals surface area contributed by atoms with E-state index in [1.54, 1.807) is 17.8 Å². The van der Waals surface area contributed by atoms with E-state index in [0.29, 0.717) is 17.2 Å². The first kappa shape index (κ1) is 15.4. The SMILES string of the molecule is Cc1cc(F)ccc1CC(O)CSc1ccc(Cl)cc1. The molecule has 0 aromatic heterocycles. The highest BCUT2D eigenvalue weighted by Crippen LogP contribution is 2.22. The maximum absolute atomic E-state index is 13.0. The van der Waals surface area contributed by atoms with Gasteiger partial charge in [-0.3, -0.25) is 0 Å². The van der Waals surface area contributed by atoms with Crippen molar-refractivity contribution in [3.8, 4) is 0 Å². The first-order valence-electron chi connectivity index (χ1n) is 6.36. The van der Waals surface area contributed by atoms with Crippen LogP contribution in [-0.2, 0) is 6.42 Å². The van der Waals surface area contributed by atoms with Crippen molar-refractivity contribution >= 4 is 23.4 Å². The lowest BCUT2D eigenvalue weighted by Crippen LogP contribution is -2.14. The van der Waals surface area contributed by atoms with E-state index in [2.05, 4.69) is 0 Å². The maximum atomic E-state index is 13.0. The summed E-state index contributed by atoms with van der Waals surface area (Å²) in [5.41, 5.74) is 1.86. The molecular formula is C16H16ClFOS. The van der Waals surface area contributed by atoms with Crippen LogP contribution in [0.15, 0.2) is 47.4 Å². The van der Waals surface area contributed by atoms with Crippen LogP contribution in [0.4, 0.5) is 4.39 Å². The van der Waals surface area contributed by atoms with E-state index < -0.39 is 6.10 Å². The normalized spacial score (nSPS) is 12.4. The highest BCUT2D eigenvalue weighted by atomic mass is 35.5. The Hall–Kier alpha value is -1.03. The molecule has 0 amide bonds. The van der Waals surface area contributed by atoms with Crippen LogP contribution in [0.25, 0.3) is 0 Å². The van der Waals surface area contributed by atoms with Gasteiger partial charge >= 0.3 is 0 Å². The summed E-state index contributed by atoms with van der Waals surface area (Å²) in [5, 5.41) is 10.8. The van der Waals surface area contributed by atoms with Gasteiger partial charge in [-0.1, -0.05) is 17.7 Å². The third-order valence-electron chi connectivity index (χ3n) is 3.02. The molecule has 0 fully saturated rings. The standard InChI is InChI=1S/C16H16ClFOS/c1-11-8-14(18)5-2-12(11)9-15(19)10-20-16-6-3-13(17)4-7-16/h2-8,15,19H,9-10H2,1H3. The summed E-state index contributed by atoms with van der Waals surface area (Å²) in [6, 6.07) is 12.2. The number of thioether (sulfide) groups is 1. The molecule has 0 spiro atoms. The van der Waals surface area contributed by atoms with Gasteiger partial charge in [0.1, 0.15) is 5.82 Å². The second kappa shape index (κ2) is 7.11. The van der Waals surface area contributed by atoms with Crippen molar-refractivity contribution in [1.29, 1.82) is 0 Å². The molecule has 4 heteroatoms. The molecule has 2 aromatic rings. The Bertz CT molecular complexity index is 571. The van der Waals surface area contributed by atoms with Crippen LogP contribution in [-0.4, -0.2) is 17.0 Å². The van der Waals surface area contributed by atoms with E-state index in [4.69, 9.17) is 11.6 Å². The van der Waals surface area contributed by atoms with Crippen LogP contribution in [0.1, 0.15) is 11.1 Å². The molecule has 0 saturated carbocycles. The predicted octanol–water partition coefficient (Wildman–Crippen LogP) is 4.48. The Labute approximate surface area is 127 Å². The van der Waals surface area contributed by atoms with Crippen molar-refractivity contribution in [2.24, 2.45) is 0 Å². The zero-order valence-electron chi connectivity index (χ0n) is 11.1. The third-order valence-corrected chi connectivity index (χ3v) is 4.43. The summed E-state index contributed by atoms with van der Waals surface area (Å²) < 4.78 is 13.0. The molecule has 106 valence electrons. The first-order valence-corrected chi connectivity index (χ1v) is 7.72. The minimum absolute atomic E-state index is 0.240. The van der Waals surface area contributed by atoms with Crippen LogP contribution < -0.4 is 0 Å². The highest BCUT2D eigenvalue weighted by Gasteiger charge is 2.09. The summed E-state index contributed by atoms with van der Waals surface area (Å²) >= 11 is 7.41. The molecular weight excluding hydrogens is 295 g/mol. The van der Waals surface area contributed by atoms with E-state index in [9.17, 15) is 9.50 Å². The lowest BCUT2D eigenvalue weighted by Gasteiger charge is -2.12. The fourth-order valence-electron chi connectivity index (χ4n) is 1.92. The van der Waals surface area contributed by atoms with Crippen molar-refractivity contribution in [2.45, 2.75) is 24.3 Å². The van der Waals surface area contributed by atoms with Gasteiger partial charge in [-0.05, 0) is 60.9 Å². The van der Waals surface area contributed by atoms with Crippen LogP contribution >= 0.6 is 23.4 Å². The van der Waals surface area contributed by atoms with Gasteiger partial charge in [0.05, 0.1) is 6.10 Å². The molecule has 1 N–H and O–H groups in total. The summed E-state index contributed by atoms with van der Waals surface area (Å²) in [6.07, 6.45) is 0.0759. The van der Waals surface area contributed by atoms with Gasteiger partial charge in [-0.25, -0.2) is 4.39 Å². The third kappa shape index (κ3) is 4.51. The van der Waals surface area contributed by atoms with Gasteiger partial charge in [0, 0.05) is 15.7 Å². The summed E-state index contributed by atoms with van der Waals surface area (Å²) in [6.45, 7) is 1.86. The van der Waals surface area contributed by atoms with Crippen molar-refractivity contribution in [1.82, 2.24) is 0 Å². The maximum Gasteiger partial charge on any atom is 0.123 e. The molecule has 0 aliphatic heterocycles. The molecule has 0 saturated heterocycles. The molecule has 20 heavy (non-hydrogen) atoms. The number of rotatable bonds is 5. The molecule has 1 unspecified atom stereocenters. The molecule has 0 heterocycles.